The average Bonchev–Trinajstić information content (AvgIpc) is 2.01. The van der Waals surface area contributed by atoms with E-state index in [1.54, 1.807) is 0 Å². The Bertz CT molecular complexity index is 313. The van der Waals surface area contributed by atoms with Gasteiger partial charge in [0.15, 0.2) is 0 Å². The van der Waals surface area contributed by atoms with Crippen molar-refractivity contribution in [1.82, 2.24) is 0 Å². The minimum absolute atomic E-state index is 0.330. The molecule has 0 aliphatic rings. The zero-order valence-electron chi connectivity index (χ0n) is 7.26. The number of nitrogens with zero attached hydrogens (tertiary/aromatic N) is 1. The molecular weight excluding hydrogens is 150 g/mol. The van der Waals surface area contributed by atoms with Gasteiger partial charge < -0.3 is 5.11 Å². The third kappa shape index (κ3) is 1.57. The molecule has 0 unspecified atom stereocenters. The molecule has 0 saturated carbocycles. The number of aryl methyl sites for hydroxylation is 2. The predicted octanol–water partition coefficient (Wildman–Crippen LogP) is 2.08. The van der Waals surface area contributed by atoms with Gasteiger partial charge in [-0.15, -0.1) is 0 Å². The lowest BCUT2D eigenvalue weighted by Gasteiger charge is -2.04. The molecule has 1 aromatic rings. The van der Waals surface area contributed by atoms with Crippen LogP contribution in [0.15, 0.2) is 12.1 Å². The highest BCUT2D eigenvalue weighted by atomic mass is 16.3. The highest BCUT2D eigenvalue weighted by Gasteiger charge is 2.02. The van der Waals surface area contributed by atoms with Gasteiger partial charge in [0, 0.05) is 0 Å². The quantitative estimate of drug-likeness (QED) is 0.685. The summed E-state index contributed by atoms with van der Waals surface area (Å²) in [4.78, 5) is 0. The van der Waals surface area contributed by atoms with E-state index >= 15 is 0 Å². The van der Waals surface area contributed by atoms with Gasteiger partial charge in [-0.25, -0.2) is 0 Å². The SMILES string of the molecule is Cc1cc(CC#N)cc(C)c1O. The summed E-state index contributed by atoms with van der Waals surface area (Å²) in [6.07, 6.45) is 0.405. The molecule has 0 aliphatic heterocycles. The molecule has 0 aromatic heterocycles. The molecule has 0 atom stereocenters. The van der Waals surface area contributed by atoms with Crippen LogP contribution in [0.4, 0.5) is 0 Å². The minimum atomic E-state index is 0.330. The van der Waals surface area contributed by atoms with Crippen molar-refractivity contribution < 1.29 is 5.11 Å². The molecule has 1 rings (SSSR count). The number of benzene rings is 1. The zero-order valence-corrected chi connectivity index (χ0v) is 7.26. The van der Waals surface area contributed by atoms with Crippen LogP contribution in [0.2, 0.25) is 0 Å². The van der Waals surface area contributed by atoms with E-state index in [1.807, 2.05) is 26.0 Å². The first-order chi connectivity index (χ1) is 5.65. The fourth-order valence-corrected chi connectivity index (χ4v) is 1.24. The first kappa shape index (κ1) is 8.61. The summed E-state index contributed by atoms with van der Waals surface area (Å²) in [6, 6.07) is 5.75. The van der Waals surface area contributed by atoms with Crippen LogP contribution in [0.3, 0.4) is 0 Å². The van der Waals surface area contributed by atoms with Crippen LogP contribution < -0.4 is 0 Å². The second-order valence-corrected chi connectivity index (χ2v) is 2.91. The van der Waals surface area contributed by atoms with E-state index in [-0.39, 0.29) is 0 Å². The van der Waals surface area contributed by atoms with E-state index in [0.29, 0.717) is 12.2 Å². The Morgan fingerprint density at radius 3 is 2.25 bits per heavy atom. The smallest absolute Gasteiger partial charge is 0.121 e. The van der Waals surface area contributed by atoms with E-state index in [4.69, 9.17) is 5.26 Å². The normalized spacial score (nSPS) is 9.42. The van der Waals surface area contributed by atoms with Crippen molar-refractivity contribution in [2.75, 3.05) is 0 Å². The summed E-state index contributed by atoms with van der Waals surface area (Å²) in [6.45, 7) is 3.67. The summed E-state index contributed by atoms with van der Waals surface area (Å²) in [5, 5.41) is 17.9. The standard InChI is InChI=1S/C10H11NO/c1-7-5-9(3-4-11)6-8(2)10(7)12/h5-6,12H,3H2,1-2H3. The van der Waals surface area contributed by atoms with Crippen molar-refractivity contribution in [1.29, 1.82) is 5.26 Å². The van der Waals surface area contributed by atoms with Crippen LogP contribution in [0.25, 0.3) is 0 Å². The van der Waals surface area contributed by atoms with Gasteiger partial charge in [-0.1, -0.05) is 12.1 Å². The molecule has 1 aromatic carbocycles. The van der Waals surface area contributed by atoms with Gasteiger partial charge in [0.2, 0.25) is 0 Å². The molecule has 0 bridgehead atoms. The first-order valence-corrected chi connectivity index (χ1v) is 3.81. The molecule has 12 heavy (non-hydrogen) atoms. The molecule has 1 N–H and O–H groups in total. The minimum Gasteiger partial charge on any atom is -0.507 e. The maximum Gasteiger partial charge on any atom is 0.121 e. The maximum atomic E-state index is 9.42. The second kappa shape index (κ2) is 3.27. The maximum absolute atomic E-state index is 9.42. The summed E-state index contributed by atoms with van der Waals surface area (Å²) < 4.78 is 0. The fourth-order valence-electron chi connectivity index (χ4n) is 1.24. The molecule has 0 fully saturated rings. The van der Waals surface area contributed by atoms with E-state index in [0.717, 1.165) is 16.7 Å². The number of hydrogen-bond donors (Lipinski definition) is 1. The number of phenols is 1. The van der Waals surface area contributed by atoms with Crippen molar-refractivity contribution >= 4 is 0 Å². The molecule has 0 spiro atoms. The predicted molar refractivity (Wildman–Crippen MR) is 46.9 cm³/mol. The molecule has 2 nitrogen and oxygen atoms in total. The average molecular weight is 161 g/mol. The molecule has 62 valence electrons. The third-order valence-corrected chi connectivity index (χ3v) is 1.83. The molecule has 0 amide bonds. The van der Waals surface area contributed by atoms with Crippen molar-refractivity contribution in [3.8, 4) is 11.8 Å². The summed E-state index contributed by atoms with van der Waals surface area (Å²) >= 11 is 0. The largest absolute Gasteiger partial charge is 0.507 e. The molecule has 0 radical (unpaired) electrons. The Kier molecular flexibility index (Phi) is 2.35. The highest BCUT2D eigenvalue weighted by Crippen LogP contribution is 2.22. The van der Waals surface area contributed by atoms with Crippen LogP contribution in [0, 0.1) is 25.2 Å². The molecule has 2 heteroatoms. The van der Waals surface area contributed by atoms with E-state index in [2.05, 4.69) is 6.07 Å². The lowest BCUT2D eigenvalue weighted by molar-refractivity contribution is 0.466. The van der Waals surface area contributed by atoms with E-state index < -0.39 is 0 Å². The van der Waals surface area contributed by atoms with Crippen LogP contribution in [-0.2, 0) is 6.42 Å². The lowest BCUT2D eigenvalue weighted by Crippen LogP contribution is -1.87. The van der Waals surface area contributed by atoms with Gasteiger partial charge in [0.25, 0.3) is 0 Å². The van der Waals surface area contributed by atoms with Crippen molar-refractivity contribution in [2.24, 2.45) is 0 Å². The third-order valence-electron chi connectivity index (χ3n) is 1.83. The highest BCUT2D eigenvalue weighted by molar-refractivity contribution is 5.42. The van der Waals surface area contributed by atoms with Crippen LogP contribution in [0.5, 0.6) is 5.75 Å². The van der Waals surface area contributed by atoms with Gasteiger partial charge in [0.1, 0.15) is 5.75 Å². The van der Waals surface area contributed by atoms with Gasteiger partial charge in [-0.3, -0.25) is 0 Å². The molecule has 0 aliphatic carbocycles. The van der Waals surface area contributed by atoms with Gasteiger partial charge in [0.05, 0.1) is 12.5 Å². The Morgan fingerprint density at radius 1 is 1.33 bits per heavy atom. The number of aromatic hydroxyl groups is 1. The molecule has 0 heterocycles. The van der Waals surface area contributed by atoms with Crippen molar-refractivity contribution in [2.45, 2.75) is 20.3 Å². The second-order valence-electron chi connectivity index (χ2n) is 2.91. The van der Waals surface area contributed by atoms with Crippen LogP contribution in [0.1, 0.15) is 16.7 Å². The topological polar surface area (TPSA) is 44.0 Å². The lowest BCUT2D eigenvalue weighted by atomic mass is 10.0. The number of rotatable bonds is 1. The summed E-state index contributed by atoms with van der Waals surface area (Å²) in [7, 11) is 0. The van der Waals surface area contributed by atoms with Crippen LogP contribution in [-0.4, -0.2) is 5.11 Å². The van der Waals surface area contributed by atoms with Gasteiger partial charge in [-0.05, 0) is 30.5 Å². The molecule has 0 saturated heterocycles. The Hall–Kier alpha value is -1.49. The zero-order chi connectivity index (χ0) is 9.14. The Morgan fingerprint density at radius 2 is 1.83 bits per heavy atom. The summed E-state index contributed by atoms with van der Waals surface area (Å²) in [5.74, 6) is 0.330. The van der Waals surface area contributed by atoms with Crippen molar-refractivity contribution in [3.05, 3.63) is 28.8 Å². The Labute approximate surface area is 72.1 Å². The monoisotopic (exact) mass is 161 g/mol. The number of nitriles is 1. The first-order valence-electron chi connectivity index (χ1n) is 3.81. The summed E-state index contributed by atoms with van der Waals surface area (Å²) in [5.41, 5.74) is 2.63. The number of phenolic OH excluding ortho intramolecular Hbond substituents is 1. The van der Waals surface area contributed by atoms with E-state index in [9.17, 15) is 5.11 Å². The van der Waals surface area contributed by atoms with E-state index in [1.165, 1.54) is 0 Å². The van der Waals surface area contributed by atoms with Crippen molar-refractivity contribution in [3.63, 3.8) is 0 Å². The van der Waals surface area contributed by atoms with Crippen LogP contribution >= 0.6 is 0 Å². The number of hydrogen-bond acceptors (Lipinski definition) is 2. The molecular formula is C10H11NO. The van der Waals surface area contributed by atoms with Gasteiger partial charge >= 0.3 is 0 Å². The van der Waals surface area contributed by atoms with Gasteiger partial charge in [-0.2, -0.15) is 5.26 Å². The fraction of sp³-hybridized carbons (Fsp3) is 0.300. The Balaban J connectivity index is 3.14.